The maximum atomic E-state index is 13.0. The van der Waals surface area contributed by atoms with E-state index in [1.807, 2.05) is 13.0 Å². The standard InChI is InChI=1S/C14H16FNS/c1-9-5-12(15)4-3-11(9)6-14(16)13-8-17-7-10(13)2/h3-5,7-8,14H,6,16H2,1-2H3. The lowest BCUT2D eigenvalue weighted by atomic mass is 9.96. The van der Waals surface area contributed by atoms with E-state index in [9.17, 15) is 4.39 Å². The molecule has 90 valence electrons. The Morgan fingerprint density at radius 1 is 1.24 bits per heavy atom. The molecular formula is C14H16FNS. The van der Waals surface area contributed by atoms with E-state index >= 15 is 0 Å². The van der Waals surface area contributed by atoms with Crippen molar-refractivity contribution in [2.24, 2.45) is 5.73 Å². The zero-order valence-corrected chi connectivity index (χ0v) is 10.9. The molecule has 0 aliphatic rings. The minimum absolute atomic E-state index is 0.00888. The van der Waals surface area contributed by atoms with Crippen LogP contribution in [0.4, 0.5) is 4.39 Å². The second-order valence-electron chi connectivity index (χ2n) is 4.39. The molecule has 1 nitrogen and oxygen atoms in total. The van der Waals surface area contributed by atoms with Gasteiger partial charge in [0.1, 0.15) is 5.82 Å². The fraction of sp³-hybridized carbons (Fsp3) is 0.286. The predicted octanol–water partition coefficient (Wildman–Crippen LogP) is 3.75. The zero-order chi connectivity index (χ0) is 12.4. The number of halogens is 1. The second-order valence-corrected chi connectivity index (χ2v) is 5.14. The minimum Gasteiger partial charge on any atom is -0.324 e. The van der Waals surface area contributed by atoms with E-state index in [1.165, 1.54) is 17.2 Å². The van der Waals surface area contributed by atoms with E-state index in [1.54, 1.807) is 17.4 Å². The normalized spacial score (nSPS) is 12.7. The van der Waals surface area contributed by atoms with Crippen molar-refractivity contribution >= 4 is 11.3 Å². The Labute approximate surface area is 105 Å². The number of rotatable bonds is 3. The van der Waals surface area contributed by atoms with Gasteiger partial charge in [-0.1, -0.05) is 6.07 Å². The van der Waals surface area contributed by atoms with Gasteiger partial charge in [-0.15, -0.1) is 0 Å². The van der Waals surface area contributed by atoms with Gasteiger partial charge in [0.2, 0.25) is 0 Å². The topological polar surface area (TPSA) is 26.0 Å². The largest absolute Gasteiger partial charge is 0.324 e. The van der Waals surface area contributed by atoms with Gasteiger partial charge in [0.25, 0.3) is 0 Å². The summed E-state index contributed by atoms with van der Waals surface area (Å²) in [4.78, 5) is 0. The Hall–Kier alpha value is -1.19. The third-order valence-electron chi connectivity index (χ3n) is 3.04. The first-order valence-electron chi connectivity index (χ1n) is 5.61. The van der Waals surface area contributed by atoms with E-state index in [0.29, 0.717) is 0 Å². The first kappa shape index (κ1) is 12.3. The Kier molecular flexibility index (Phi) is 3.60. The fourth-order valence-corrected chi connectivity index (χ4v) is 2.90. The molecule has 0 aliphatic carbocycles. The number of nitrogens with two attached hydrogens (primary N) is 1. The maximum Gasteiger partial charge on any atom is 0.123 e. The van der Waals surface area contributed by atoms with E-state index in [0.717, 1.165) is 17.5 Å². The highest BCUT2D eigenvalue weighted by Gasteiger charge is 2.12. The lowest BCUT2D eigenvalue weighted by molar-refractivity contribution is 0.624. The van der Waals surface area contributed by atoms with Crippen molar-refractivity contribution in [3.63, 3.8) is 0 Å². The molecule has 1 unspecified atom stereocenters. The van der Waals surface area contributed by atoms with Crippen LogP contribution in [0, 0.1) is 19.7 Å². The molecule has 3 heteroatoms. The van der Waals surface area contributed by atoms with E-state index in [2.05, 4.69) is 17.7 Å². The van der Waals surface area contributed by atoms with Crippen molar-refractivity contribution in [3.8, 4) is 0 Å². The number of hydrogen-bond acceptors (Lipinski definition) is 2. The molecule has 0 saturated carbocycles. The summed E-state index contributed by atoms with van der Waals surface area (Å²) in [5.41, 5.74) is 10.7. The van der Waals surface area contributed by atoms with Crippen molar-refractivity contribution in [1.29, 1.82) is 0 Å². The summed E-state index contributed by atoms with van der Waals surface area (Å²) in [5.74, 6) is -0.188. The minimum atomic E-state index is -0.188. The molecule has 0 spiro atoms. The van der Waals surface area contributed by atoms with Crippen LogP contribution < -0.4 is 5.73 Å². The molecule has 2 rings (SSSR count). The molecule has 0 fully saturated rings. The maximum absolute atomic E-state index is 13.0. The van der Waals surface area contributed by atoms with Gasteiger partial charge in [-0.25, -0.2) is 4.39 Å². The van der Waals surface area contributed by atoms with Gasteiger partial charge in [-0.2, -0.15) is 11.3 Å². The molecular weight excluding hydrogens is 233 g/mol. The van der Waals surface area contributed by atoms with Crippen LogP contribution in [0.5, 0.6) is 0 Å². The highest BCUT2D eigenvalue weighted by Crippen LogP contribution is 2.24. The molecule has 2 N–H and O–H groups in total. The molecule has 0 amide bonds. The van der Waals surface area contributed by atoms with Crippen LogP contribution in [0.25, 0.3) is 0 Å². The average molecular weight is 249 g/mol. The number of hydrogen-bond donors (Lipinski definition) is 1. The van der Waals surface area contributed by atoms with Gasteiger partial charge in [0.05, 0.1) is 0 Å². The highest BCUT2D eigenvalue weighted by molar-refractivity contribution is 7.08. The SMILES string of the molecule is Cc1cc(F)ccc1CC(N)c1cscc1C. The van der Waals surface area contributed by atoms with Crippen molar-refractivity contribution in [3.05, 3.63) is 57.0 Å². The molecule has 1 atom stereocenters. The van der Waals surface area contributed by atoms with Gasteiger partial charge in [0.15, 0.2) is 0 Å². The quantitative estimate of drug-likeness (QED) is 0.881. The van der Waals surface area contributed by atoms with E-state index in [4.69, 9.17) is 5.73 Å². The van der Waals surface area contributed by atoms with Crippen LogP contribution in [0.2, 0.25) is 0 Å². The van der Waals surface area contributed by atoms with Gasteiger partial charge in [-0.05, 0) is 65.4 Å². The first-order chi connectivity index (χ1) is 8.08. The summed E-state index contributed by atoms with van der Waals surface area (Å²) >= 11 is 1.67. The van der Waals surface area contributed by atoms with Crippen molar-refractivity contribution < 1.29 is 4.39 Å². The summed E-state index contributed by atoms with van der Waals surface area (Å²) in [7, 11) is 0. The monoisotopic (exact) mass is 249 g/mol. The van der Waals surface area contributed by atoms with Crippen LogP contribution in [0.1, 0.15) is 28.3 Å². The van der Waals surface area contributed by atoms with Gasteiger partial charge < -0.3 is 5.73 Å². The number of thiophene rings is 1. The molecule has 0 saturated heterocycles. The predicted molar refractivity (Wildman–Crippen MR) is 70.8 cm³/mol. The number of benzene rings is 1. The highest BCUT2D eigenvalue weighted by atomic mass is 32.1. The van der Waals surface area contributed by atoms with E-state index < -0.39 is 0 Å². The van der Waals surface area contributed by atoms with Crippen LogP contribution in [-0.4, -0.2) is 0 Å². The number of aryl methyl sites for hydroxylation is 2. The molecule has 1 aromatic carbocycles. The Bertz CT molecular complexity index is 519. The van der Waals surface area contributed by atoms with Crippen LogP contribution in [0.15, 0.2) is 29.0 Å². The molecule has 2 aromatic rings. The summed E-state index contributed by atoms with van der Waals surface area (Å²) in [6.07, 6.45) is 0.754. The van der Waals surface area contributed by atoms with E-state index in [-0.39, 0.29) is 11.9 Å². The van der Waals surface area contributed by atoms with Crippen LogP contribution in [-0.2, 0) is 6.42 Å². The summed E-state index contributed by atoms with van der Waals surface area (Å²) < 4.78 is 13.0. The van der Waals surface area contributed by atoms with Gasteiger partial charge >= 0.3 is 0 Å². The van der Waals surface area contributed by atoms with Crippen LogP contribution >= 0.6 is 11.3 Å². The van der Waals surface area contributed by atoms with Crippen molar-refractivity contribution in [1.82, 2.24) is 0 Å². The third-order valence-corrected chi connectivity index (χ3v) is 3.92. The second kappa shape index (κ2) is 4.98. The van der Waals surface area contributed by atoms with Crippen molar-refractivity contribution in [2.75, 3.05) is 0 Å². The summed E-state index contributed by atoms with van der Waals surface area (Å²) in [6, 6.07) is 4.87. The fourth-order valence-electron chi connectivity index (χ4n) is 1.99. The Balaban J connectivity index is 2.19. The smallest absolute Gasteiger partial charge is 0.123 e. The molecule has 0 radical (unpaired) electrons. The Morgan fingerprint density at radius 3 is 2.59 bits per heavy atom. The summed E-state index contributed by atoms with van der Waals surface area (Å²) in [6.45, 7) is 3.99. The lowest BCUT2D eigenvalue weighted by Gasteiger charge is -2.13. The molecule has 0 aliphatic heterocycles. The Morgan fingerprint density at radius 2 is 2.00 bits per heavy atom. The third kappa shape index (κ3) is 2.73. The van der Waals surface area contributed by atoms with Gasteiger partial charge in [0, 0.05) is 6.04 Å². The molecule has 1 aromatic heterocycles. The summed E-state index contributed by atoms with van der Waals surface area (Å²) in [5, 5.41) is 4.20. The molecule has 17 heavy (non-hydrogen) atoms. The molecule has 0 bridgehead atoms. The lowest BCUT2D eigenvalue weighted by Crippen LogP contribution is -2.14. The average Bonchev–Trinajstić information content (AvgIpc) is 2.68. The van der Waals surface area contributed by atoms with Crippen molar-refractivity contribution in [2.45, 2.75) is 26.3 Å². The zero-order valence-electron chi connectivity index (χ0n) is 10.0. The first-order valence-corrected chi connectivity index (χ1v) is 6.55. The van der Waals surface area contributed by atoms with Gasteiger partial charge in [-0.3, -0.25) is 0 Å². The molecule has 1 heterocycles. The van der Waals surface area contributed by atoms with Crippen LogP contribution in [0.3, 0.4) is 0 Å².